The molecular formula is C20H12ClN3O3. The molecule has 1 heterocycles. The molecule has 0 atom stereocenters. The zero-order chi connectivity index (χ0) is 18.8. The molecule has 0 radical (unpaired) electrons. The first-order chi connectivity index (χ1) is 13.1. The quantitative estimate of drug-likeness (QED) is 0.339. The van der Waals surface area contributed by atoms with E-state index in [9.17, 15) is 10.1 Å². The molecule has 0 aliphatic rings. The van der Waals surface area contributed by atoms with Crippen molar-refractivity contribution in [1.82, 2.24) is 9.97 Å². The van der Waals surface area contributed by atoms with E-state index < -0.39 is 4.92 Å². The molecule has 4 aromatic rings. The zero-order valence-electron chi connectivity index (χ0n) is 13.9. The Morgan fingerprint density at radius 1 is 0.926 bits per heavy atom. The van der Waals surface area contributed by atoms with Crippen molar-refractivity contribution >= 4 is 28.2 Å². The van der Waals surface area contributed by atoms with E-state index in [1.165, 1.54) is 24.3 Å². The van der Waals surface area contributed by atoms with E-state index in [4.69, 9.17) is 16.3 Å². The number of halogens is 1. The Balaban J connectivity index is 1.79. The lowest BCUT2D eigenvalue weighted by atomic mass is 10.1. The molecule has 0 amide bonds. The molecule has 27 heavy (non-hydrogen) atoms. The van der Waals surface area contributed by atoms with Gasteiger partial charge in [-0.25, -0.2) is 0 Å². The maximum Gasteiger partial charge on any atom is 0.323 e. The lowest BCUT2D eigenvalue weighted by Crippen LogP contribution is -1.96. The standard InChI is InChI=1S/C20H12ClN3O3/c21-14-6-11-18-17(12-14)19(13-4-2-1-3-5-13)23-20(22-18)27-16-9-7-15(8-10-16)24(25)26/h1-12H. The Morgan fingerprint density at radius 2 is 1.67 bits per heavy atom. The number of aromatic nitrogens is 2. The van der Waals surface area contributed by atoms with Gasteiger partial charge in [-0.15, -0.1) is 0 Å². The van der Waals surface area contributed by atoms with E-state index in [1.54, 1.807) is 12.1 Å². The summed E-state index contributed by atoms with van der Waals surface area (Å²) in [6, 6.07) is 20.9. The van der Waals surface area contributed by atoms with Gasteiger partial charge in [0, 0.05) is 28.1 Å². The van der Waals surface area contributed by atoms with Gasteiger partial charge < -0.3 is 4.74 Å². The molecule has 4 rings (SSSR count). The summed E-state index contributed by atoms with van der Waals surface area (Å²) in [6.45, 7) is 0. The third-order valence-electron chi connectivity index (χ3n) is 3.94. The Hall–Kier alpha value is -3.51. The molecule has 0 aliphatic heterocycles. The van der Waals surface area contributed by atoms with Crippen molar-refractivity contribution in [3.63, 3.8) is 0 Å². The molecule has 0 bridgehead atoms. The number of benzene rings is 3. The van der Waals surface area contributed by atoms with Crippen LogP contribution in [0.4, 0.5) is 5.69 Å². The summed E-state index contributed by atoms with van der Waals surface area (Å²) in [4.78, 5) is 19.3. The number of hydrogen-bond donors (Lipinski definition) is 0. The molecule has 0 fully saturated rings. The number of hydrogen-bond acceptors (Lipinski definition) is 5. The van der Waals surface area contributed by atoms with Crippen LogP contribution in [0.1, 0.15) is 0 Å². The van der Waals surface area contributed by atoms with Gasteiger partial charge in [0.15, 0.2) is 0 Å². The fourth-order valence-corrected chi connectivity index (χ4v) is 2.85. The van der Waals surface area contributed by atoms with Crippen molar-refractivity contribution in [2.45, 2.75) is 0 Å². The van der Waals surface area contributed by atoms with Crippen LogP contribution >= 0.6 is 11.6 Å². The number of ether oxygens (including phenoxy) is 1. The summed E-state index contributed by atoms with van der Waals surface area (Å²) in [5, 5.41) is 12.2. The van der Waals surface area contributed by atoms with Crippen LogP contribution in [0.25, 0.3) is 22.2 Å². The second kappa shape index (κ2) is 7.01. The SMILES string of the molecule is O=[N+]([O-])c1ccc(Oc2nc(-c3ccccc3)c3cc(Cl)ccc3n2)cc1. The summed E-state index contributed by atoms with van der Waals surface area (Å²) in [5.74, 6) is 0.410. The van der Waals surface area contributed by atoms with Crippen molar-refractivity contribution in [1.29, 1.82) is 0 Å². The van der Waals surface area contributed by atoms with E-state index in [0.717, 1.165) is 10.9 Å². The van der Waals surface area contributed by atoms with Crippen molar-refractivity contribution < 1.29 is 9.66 Å². The molecule has 0 saturated carbocycles. The molecule has 132 valence electrons. The molecule has 0 saturated heterocycles. The van der Waals surface area contributed by atoms with Gasteiger partial charge in [0.2, 0.25) is 0 Å². The Bertz CT molecular complexity index is 1130. The average Bonchev–Trinajstić information content (AvgIpc) is 2.69. The Kier molecular flexibility index (Phi) is 4.40. The lowest BCUT2D eigenvalue weighted by molar-refractivity contribution is -0.384. The minimum Gasteiger partial charge on any atom is -0.424 e. The molecule has 1 aromatic heterocycles. The smallest absolute Gasteiger partial charge is 0.323 e. The molecular weight excluding hydrogens is 366 g/mol. The third kappa shape index (κ3) is 3.56. The fraction of sp³-hybridized carbons (Fsp3) is 0. The molecule has 7 heteroatoms. The van der Waals surface area contributed by atoms with Crippen LogP contribution in [-0.4, -0.2) is 14.9 Å². The van der Waals surface area contributed by atoms with Gasteiger partial charge in [0.05, 0.1) is 16.1 Å². The minimum atomic E-state index is -0.465. The fourth-order valence-electron chi connectivity index (χ4n) is 2.68. The second-order valence-corrected chi connectivity index (χ2v) is 6.17. The van der Waals surface area contributed by atoms with Crippen LogP contribution in [0.2, 0.25) is 5.02 Å². The number of fused-ring (bicyclic) bond motifs is 1. The maximum atomic E-state index is 10.8. The third-order valence-corrected chi connectivity index (χ3v) is 4.18. The molecule has 6 nitrogen and oxygen atoms in total. The normalized spacial score (nSPS) is 10.7. The summed E-state index contributed by atoms with van der Waals surface area (Å²) in [7, 11) is 0. The van der Waals surface area contributed by atoms with Gasteiger partial charge in [-0.05, 0) is 30.3 Å². The predicted molar refractivity (Wildman–Crippen MR) is 103 cm³/mol. The van der Waals surface area contributed by atoms with E-state index in [-0.39, 0.29) is 11.7 Å². The second-order valence-electron chi connectivity index (χ2n) is 5.74. The van der Waals surface area contributed by atoms with E-state index >= 15 is 0 Å². The predicted octanol–water partition coefficient (Wildman–Crippen LogP) is 5.65. The summed E-state index contributed by atoms with van der Waals surface area (Å²) in [5.41, 5.74) is 2.27. The van der Waals surface area contributed by atoms with Crippen molar-refractivity contribution in [2.75, 3.05) is 0 Å². The first-order valence-corrected chi connectivity index (χ1v) is 8.43. The average molecular weight is 378 g/mol. The molecule has 3 aromatic carbocycles. The summed E-state index contributed by atoms with van der Waals surface area (Å²) >= 11 is 6.15. The van der Waals surface area contributed by atoms with Gasteiger partial charge in [-0.3, -0.25) is 10.1 Å². The maximum absolute atomic E-state index is 10.8. The Morgan fingerprint density at radius 3 is 2.37 bits per heavy atom. The highest BCUT2D eigenvalue weighted by atomic mass is 35.5. The number of rotatable bonds is 4. The van der Waals surface area contributed by atoms with E-state index in [2.05, 4.69) is 9.97 Å². The van der Waals surface area contributed by atoms with Crippen molar-refractivity contribution in [3.05, 3.63) is 87.9 Å². The van der Waals surface area contributed by atoms with Crippen LogP contribution in [0, 0.1) is 10.1 Å². The van der Waals surface area contributed by atoms with Gasteiger partial charge in [0.25, 0.3) is 5.69 Å². The highest BCUT2D eigenvalue weighted by Gasteiger charge is 2.13. The minimum absolute atomic E-state index is 0.0126. The highest BCUT2D eigenvalue weighted by molar-refractivity contribution is 6.31. The molecule has 0 spiro atoms. The van der Waals surface area contributed by atoms with Gasteiger partial charge in [0.1, 0.15) is 5.75 Å². The van der Waals surface area contributed by atoms with Gasteiger partial charge >= 0.3 is 6.01 Å². The number of non-ortho nitro benzene ring substituents is 1. The van der Waals surface area contributed by atoms with Crippen LogP contribution in [0.5, 0.6) is 11.8 Å². The van der Waals surface area contributed by atoms with Gasteiger partial charge in [-0.1, -0.05) is 41.9 Å². The van der Waals surface area contributed by atoms with Crippen LogP contribution in [-0.2, 0) is 0 Å². The van der Waals surface area contributed by atoms with Gasteiger partial charge in [-0.2, -0.15) is 9.97 Å². The number of nitro benzene ring substituents is 1. The van der Waals surface area contributed by atoms with Crippen molar-refractivity contribution in [2.24, 2.45) is 0 Å². The molecule has 0 N–H and O–H groups in total. The van der Waals surface area contributed by atoms with Crippen LogP contribution < -0.4 is 4.74 Å². The number of nitrogens with zero attached hydrogens (tertiary/aromatic N) is 3. The van der Waals surface area contributed by atoms with Crippen molar-refractivity contribution in [3.8, 4) is 23.0 Å². The summed E-state index contributed by atoms with van der Waals surface area (Å²) in [6.07, 6.45) is 0. The van der Waals surface area contributed by atoms with E-state index in [0.29, 0.717) is 22.0 Å². The lowest BCUT2D eigenvalue weighted by Gasteiger charge is -2.10. The zero-order valence-corrected chi connectivity index (χ0v) is 14.6. The van der Waals surface area contributed by atoms with Crippen LogP contribution in [0.15, 0.2) is 72.8 Å². The first-order valence-electron chi connectivity index (χ1n) is 8.05. The Labute approximate surface area is 159 Å². The molecule has 0 aliphatic carbocycles. The summed E-state index contributed by atoms with van der Waals surface area (Å²) < 4.78 is 5.74. The topological polar surface area (TPSA) is 78.2 Å². The molecule has 0 unspecified atom stereocenters. The van der Waals surface area contributed by atoms with E-state index in [1.807, 2.05) is 36.4 Å². The number of nitro groups is 1. The first kappa shape index (κ1) is 16.9. The highest BCUT2D eigenvalue weighted by Crippen LogP contribution is 2.31. The monoisotopic (exact) mass is 377 g/mol. The largest absolute Gasteiger partial charge is 0.424 e. The van der Waals surface area contributed by atoms with Crippen LogP contribution in [0.3, 0.4) is 0 Å².